The first-order valence-electron chi connectivity index (χ1n) is 8.49. The Balaban J connectivity index is 1.64. The van der Waals surface area contributed by atoms with Crippen LogP contribution in [0.25, 0.3) is 0 Å². The summed E-state index contributed by atoms with van der Waals surface area (Å²) >= 11 is 0. The fraction of sp³-hybridized carbons (Fsp3) is 0.263. The van der Waals surface area contributed by atoms with Crippen LogP contribution in [0.4, 0.5) is 14.7 Å². The van der Waals surface area contributed by atoms with Crippen LogP contribution in [-0.2, 0) is 0 Å². The van der Waals surface area contributed by atoms with Gasteiger partial charge < -0.3 is 14.8 Å². The number of nitrogens with zero attached hydrogens (tertiary/aromatic N) is 3. The molecular weight excluding hydrogens is 354 g/mol. The van der Waals surface area contributed by atoms with Crippen molar-refractivity contribution in [3.05, 3.63) is 66.0 Å². The van der Waals surface area contributed by atoms with E-state index in [0.717, 1.165) is 23.3 Å². The average molecular weight is 372 g/mol. The highest BCUT2D eigenvalue weighted by atomic mass is 19.3. The molecule has 1 aliphatic rings. The summed E-state index contributed by atoms with van der Waals surface area (Å²) in [5, 5.41) is 7.71. The van der Waals surface area contributed by atoms with E-state index in [-0.39, 0.29) is 17.8 Å². The molecule has 3 aromatic rings. The third-order valence-electron chi connectivity index (χ3n) is 4.62. The summed E-state index contributed by atoms with van der Waals surface area (Å²) in [6.45, 7) is -2.84. The summed E-state index contributed by atoms with van der Waals surface area (Å²) in [5.41, 5.74) is 2.02. The van der Waals surface area contributed by atoms with Crippen LogP contribution in [0, 0.1) is 0 Å². The maximum atomic E-state index is 12.4. The molecule has 6 nitrogen and oxygen atoms in total. The Kier molecular flexibility index (Phi) is 4.62. The third kappa shape index (κ3) is 3.55. The van der Waals surface area contributed by atoms with Gasteiger partial charge in [0.05, 0.1) is 19.2 Å². The van der Waals surface area contributed by atoms with E-state index in [1.807, 2.05) is 24.3 Å². The largest absolute Gasteiger partial charge is 0.497 e. The number of benzene rings is 2. The Morgan fingerprint density at radius 2 is 1.93 bits per heavy atom. The van der Waals surface area contributed by atoms with Crippen LogP contribution in [0.2, 0.25) is 0 Å². The van der Waals surface area contributed by atoms with E-state index in [1.54, 1.807) is 36.1 Å². The van der Waals surface area contributed by atoms with Crippen molar-refractivity contribution < 1.29 is 18.3 Å². The molecule has 2 unspecified atom stereocenters. The fourth-order valence-electron chi connectivity index (χ4n) is 3.35. The molecule has 27 heavy (non-hydrogen) atoms. The lowest BCUT2D eigenvalue weighted by Crippen LogP contribution is -2.28. The van der Waals surface area contributed by atoms with E-state index in [9.17, 15) is 8.78 Å². The van der Waals surface area contributed by atoms with Gasteiger partial charge in [0.1, 0.15) is 17.8 Å². The number of fused-ring (bicyclic) bond motifs is 1. The summed E-state index contributed by atoms with van der Waals surface area (Å²) in [6, 6.07) is 14.4. The molecule has 0 bridgehead atoms. The maximum Gasteiger partial charge on any atom is 0.387 e. The molecule has 2 heterocycles. The van der Waals surface area contributed by atoms with Gasteiger partial charge in [-0.1, -0.05) is 24.3 Å². The van der Waals surface area contributed by atoms with Crippen LogP contribution in [0.15, 0.2) is 54.9 Å². The molecule has 2 aromatic carbocycles. The van der Waals surface area contributed by atoms with Crippen molar-refractivity contribution in [2.24, 2.45) is 0 Å². The van der Waals surface area contributed by atoms with Crippen molar-refractivity contribution in [1.29, 1.82) is 0 Å². The van der Waals surface area contributed by atoms with E-state index in [4.69, 9.17) is 4.74 Å². The molecule has 0 radical (unpaired) electrons. The lowest BCUT2D eigenvalue weighted by molar-refractivity contribution is -0.0498. The van der Waals surface area contributed by atoms with Gasteiger partial charge in [0.15, 0.2) is 0 Å². The smallest absolute Gasteiger partial charge is 0.387 e. The SMILES string of the molecule is COc1cccc(C2CC(c3ccc(OC(F)F)cc3)n3ncnc3N2)c1. The number of rotatable bonds is 5. The average Bonchev–Trinajstić information content (AvgIpc) is 3.16. The van der Waals surface area contributed by atoms with E-state index < -0.39 is 6.61 Å². The van der Waals surface area contributed by atoms with E-state index >= 15 is 0 Å². The minimum absolute atomic E-state index is 0.0128. The van der Waals surface area contributed by atoms with Crippen molar-refractivity contribution in [1.82, 2.24) is 14.8 Å². The van der Waals surface area contributed by atoms with Crippen molar-refractivity contribution in [3.63, 3.8) is 0 Å². The molecule has 0 amide bonds. The lowest BCUT2D eigenvalue weighted by atomic mass is 9.93. The molecule has 0 spiro atoms. The zero-order chi connectivity index (χ0) is 18.8. The standard InChI is InChI=1S/C19H18F2N4O2/c1-26-15-4-2-3-13(9-15)16-10-17(25-19(24-16)22-11-23-25)12-5-7-14(8-6-12)27-18(20)21/h2-9,11,16-18H,10H2,1H3,(H,22,23,24). The zero-order valence-corrected chi connectivity index (χ0v) is 14.5. The molecule has 0 saturated heterocycles. The first kappa shape index (κ1) is 17.3. The number of halogens is 2. The molecule has 4 rings (SSSR count). The highest BCUT2D eigenvalue weighted by molar-refractivity contribution is 5.41. The first-order valence-corrected chi connectivity index (χ1v) is 8.49. The lowest BCUT2D eigenvalue weighted by Gasteiger charge is -2.32. The maximum absolute atomic E-state index is 12.4. The van der Waals surface area contributed by atoms with E-state index in [2.05, 4.69) is 20.1 Å². The Morgan fingerprint density at radius 1 is 1.11 bits per heavy atom. The van der Waals surface area contributed by atoms with Crippen LogP contribution in [0.5, 0.6) is 11.5 Å². The summed E-state index contributed by atoms with van der Waals surface area (Å²) in [6.07, 6.45) is 2.22. The second kappa shape index (κ2) is 7.22. The minimum Gasteiger partial charge on any atom is -0.497 e. The third-order valence-corrected chi connectivity index (χ3v) is 4.62. The zero-order valence-electron chi connectivity index (χ0n) is 14.5. The van der Waals surface area contributed by atoms with Gasteiger partial charge in [-0.3, -0.25) is 0 Å². The second-order valence-electron chi connectivity index (χ2n) is 6.20. The predicted octanol–water partition coefficient (Wildman–Crippen LogP) is 4.03. The Morgan fingerprint density at radius 3 is 2.67 bits per heavy atom. The van der Waals surface area contributed by atoms with E-state index in [1.165, 1.54) is 6.33 Å². The second-order valence-corrected chi connectivity index (χ2v) is 6.20. The Labute approximate surface area is 154 Å². The number of ether oxygens (including phenoxy) is 2. The van der Waals surface area contributed by atoms with Gasteiger partial charge in [0.2, 0.25) is 5.95 Å². The molecule has 0 saturated carbocycles. The molecule has 140 valence electrons. The minimum atomic E-state index is -2.84. The first-order chi connectivity index (χ1) is 13.1. The summed E-state index contributed by atoms with van der Waals surface area (Å²) in [7, 11) is 1.63. The van der Waals surface area contributed by atoms with Crippen LogP contribution >= 0.6 is 0 Å². The predicted molar refractivity (Wildman–Crippen MR) is 95.2 cm³/mol. The van der Waals surface area contributed by atoms with Gasteiger partial charge in [-0.25, -0.2) is 4.68 Å². The number of nitrogens with one attached hydrogen (secondary N) is 1. The van der Waals surface area contributed by atoms with Gasteiger partial charge in [-0.05, 0) is 41.8 Å². The van der Waals surface area contributed by atoms with Crippen LogP contribution in [0.3, 0.4) is 0 Å². The van der Waals surface area contributed by atoms with Crippen molar-refractivity contribution in [2.75, 3.05) is 12.4 Å². The van der Waals surface area contributed by atoms with Crippen LogP contribution in [-0.4, -0.2) is 28.5 Å². The van der Waals surface area contributed by atoms with Gasteiger partial charge >= 0.3 is 6.61 Å². The number of anilines is 1. The topological polar surface area (TPSA) is 61.2 Å². The van der Waals surface area contributed by atoms with Gasteiger partial charge in [0, 0.05) is 0 Å². The summed E-state index contributed by atoms with van der Waals surface area (Å²) in [5.74, 6) is 1.57. The summed E-state index contributed by atoms with van der Waals surface area (Å²) in [4.78, 5) is 4.29. The monoisotopic (exact) mass is 372 g/mol. The number of hydrogen-bond acceptors (Lipinski definition) is 5. The molecule has 1 aromatic heterocycles. The Hall–Kier alpha value is -3.16. The molecule has 0 fully saturated rings. The van der Waals surface area contributed by atoms with Gasteiger partial charge in [-0.2, -0.15) is 18.9 Å². The molecule has 1 N–H and O–H groups in total. The molecule has 2 atom stereocenters. The molecule has 0 aliphatic carbocycles. The fourth-order valence-corrected chi connectivity index (χ4v) is 3.35. The van der Waals surface area contributed by atoms with Crippen molar-refractivity contribution >= 4 is 5.95 Å². The number of alkyl halides is 2. The molecule has 8 heteroatoms. The van der Waals surface area contributed by atoms with Crippen molar-refractivity contribution in [3.8, 4) is 11.5 Å². The molecule has 1 aliphatic heterocycles. The highest BCUT2D eigenvalue weighted by Crippen LogP contribution is 2.38. The number of methoxy groups -OCH3 is 1. The van der Waals surface area contributed by atoms with Crippen LogP contribution < -0.4 is 14.8 Å². The Bertz CT molecular complexity index is 914. The van der Waals surface area contributed by atoms with Gasteiger partial charge in [0.25, 0.3) is 0 Å². The number of hydrogen-bond donors (Lipinski definition) is 1. The summed E-state index contributed by atoms with van der Waals surface area (Å²) < 4.78 is 36.3. The number of aromatic nitrogens is 3. The van der Waals surface area contributed by atoms with E-state index in [0.29, 0.717) is 5.95 Å². The quantitative estimate of drug-likeness (QED) is 0.733. The van der Waals surface area contributed by atoms with Gasteiger partial charge in [-0.15, -0.1) is 0 Å². The van der Waals surface area contributed by atoms with Crippen LogP contribution in [0.1, 0.15) is 29.6 Å². The highest BCUT2D eigenvalue weighted by Gasteiger charge is 2.30. The normalized spacial score (nSPS) is 18.7. The van der Waals surface area contributed by atoms with Crippen molar-refractivity contribution in [2.45, 2.75) is 25.1 Å². The molecular formula is C19H18F2N4O2.